The summed E-state index contributed by atoms with van der Waals surface area (Å²) in [5.41, 5.74) is 6.12. The third-order valence-electron chi connectivity index (χ3n) is 2.34. The van der Waals surface area contributed by atoms with E-state index in [4.69, 9.17) is 10.5 Å². The van der Waals surface area contributed by atoms with Crippen LogP contribution in [-0.2, 0) is 14.3 Å². The summed E-state index contributed by atoms with van der Waals surface area (Å²) in [6, 6.07) is 5.48. The maximum atomic E-state index is 11.7. The second-order valence-electron chi connectivity index (χ2n) is 5.35. The molecule has 0 aliphatic heterocycles. The highest BCUT2D eigenvalue weighted by atomic mass is 16.6. The standard InChI is InChI=1S/C16H19NO4/c1-16(2,3)21-15(19)13(17)10-7-11-5-8-12(9-6-11)14(18)20-4/h5-6,8-9,13H,17H2,1-4H3. The van der Waals surface area contributed by atoms with Gasteiger partial charge < -0.3 is 15.2 Å². The van der Waals surface area contributed by atoms with Crippen molar-refractivity contribution in [2.75, 3.05) is 7.11 Å². The van der Waals surface area contributed by atoms with Crippen LogP contribution in [0.25, 0.3) is 0 Å². The Bertz CT molecular complexity index is 573. The molecule has 2 N–H and O–H groups in total. The van der Waals surface area contributed by atoms with Crippen LogP contribution >= 0.6 is 0 Å². The van der Waals surface area contributed by atoms with Gasteiger partial charge in [-0.05, 0) is 45.0 Å². The number of ether oxygens (including phenoxy) is 2. The fourth-order valence-electron chi connectivity index (χ4n) is 1.39. The molecule has 112 valence electrons. The van der Waals surface area contributed by atoms with Crippen molar-refractivity contribution in [3.05, 3.63) is 35.4 Å². The van der Waals surface area contributed by atoms with Gasteiger partial charge in [-0.1, -0.05) is 11.8 Å². The lowest BCUT2D eigenvalue weighted by atomic mass is 10.1. The second-order valence-corrected chi connectivity index (χ2v) is 5.35. The highest BCUT2D eigenvalue weighted by molar-refractivity contribution is 5.89. The van der Waals surface area contributed by atoms with Crippen LogP contribution in [0.2, 0.25) is 0 Å². The fraction of sp³-hybridized carbons (Fsp3) is 0.375. The van der Waals surface area contributed by atoms with Crippen molar-refractivity contribution in [2.24, 2.45) is 5.73 Å². The lowest BCUT2D eigenvalue weighted by Gasteiger charge is -2.20. The number of hydrogen-bond donors (Lipinski definition) is 1. The molecule has 1 atom stereocenters. The number of carbonyl (C=O) groups excluding carboxylic acids is 2. The molecule has 0 saturated carbocycles. The van der Waals surface area contributed by atoms with Gasteiger partial charge in [0, 0.05) is 5.56 Å². The van der Waals surface area contributed by atoms with Gasteiger partial charge in [-0.25, -0.2) is 9.59 Å². The summed E-state index contributed by atoms with van der Waals surface area (Å²) in [6.07, 6.45) is 0. The molecular weight excluding hydrogens is 270 g/mol. The Morgan fingerprint density at radius 1 is 1.19 bits per heavy atom. The molecule has 1 aromatic carbocycles. The van der Waals surface area contributed by atoms with Gasteiger partial charge in [0.1, 0.15) is 5.60 Å². The van der Waals surface area contributed by atoms with Gasteiger partial charge in [-0.2, -0.15) is 0 Å². The van der Waals surface area contributed by atoms with Gasteiger partial charge in [0.15, 0.2) is 6.04 Å². The van der Waals surface area contributed by atoms with E-state index in [1.54, 1.807) is 45.0 Å². The van der Waals surface area contributed by atoms with E-state index in [0.717, 1.165) is 0 Å². The number of nitrogens with two attached hydrogens (primary N) is 1. The number of rotatable bonds is 2. The van der Waals surface area contributed by atoms with Crippen molar-refractivity contribution >= 4 is 11.9 Å². The molecule has 0 spiro atoms. The molecule has 0 fully saturated rings. The number of carbonyl (C=O) groups is 2. The summed E-state index contributed by atoms with van der Waals surface area (Å²) in [5.74, 6) is 4.40. The molecule has 0 aliphatic carbocycles. The van der Waals surface area contributed by atoms with Crippen LogP contribution in [0.5, 0.6) is 0 Å². The van der Waals surface area contributed by atoms with Crippen LogP contribution in [0, 0.1) is 11.8 Å². The Labute approximate surface area is 124 Å². The summed E-state index contributed by atoms with van der Waals surface area (Å²) >= 11 is 0. The highest BCUT2D eigenvalue weighted by Gasteiger charge is 2.20. The molecule has 1 unspecified atom stereocenters. The van der Waals surface area contributed by atoms with Crippen LogP contribution in [0.4, 0.5) is 0 Å². The molecule has 5 nitrogen and oxygen atoms in total. The minimum Gasteiger partial charge on any atom is -0.465 e. The van der Waals surface area contributed by atoms with E-state index < -0.39 is 23.6 Å². The molecule has 0 heterocycles. The number of benzene rings is 1. The minimum absolute atomic E-state index is 0.417. The Kier molecular flexibility index (Phi) is 5.51. The lowest BCUT2D eigenvalue weighted by molar-refractivity contribution is -0.154. The molecule has 0 aliphatic rings. The summed E-state index contributed by atoms with van der Waals surface area (Å²) in [7, 11) is 1.32. The fourth-order valence-corrected chi connectivity index (χ4v) is 1.39. The van der Waals surface area contributed by atoms with Crippen LogP contribution < -0.4 is 5.73 Å². The highest BCUT2D eigenvalue weighted by Crippen LogP contribution is 2.08. The van der Waals surface area contributed by atoms with Crippen molar-refractivity contribution in [3.8, 4) is 11.8 Å². The zero-order chi connectivity index (χ0) is 16.0. The van der Waals surface area contributed by atoms with E-state index >= 15 is 0 Å². The van der Waals surface area contributed by atoms with Crippen LogP contribution in [0.1, 0.15) is 36.7 Å². The predicted molar refractivity (Wildman–Crippen MR) is 78.5 cm³/mol. The van der Waals surface area contributed by atoms with E-state index in [1.165, 1.54) is 7.11 Å². The van der Waals surface area contributed by atoms with Gasteiger partial charge in [-0.15, -0.1) is 0 Å². The molecular formula is C16H19NO4. The average Bonchev–Trinajstić information content (AvgIpc) is 2.42. The van der Waals surface area contributed by atoms with E-state index in [1.807, 2.05) is 0 Å². The molecule has 21 heavy (non-hydrogen) atoms. The van der Waals surface area contributed by atoms with E-state index in [9.17, 15) is 9.59 Å². The van der Waals surface area contributed by atoms with Gasteiger partial charge in [0.2, 0.25) is 0 Å². The van der Waals surface area contributed by atoms with E-state index in [-0.39, 0.29) is 0 Å². The first kappa shape index (κ1) is 16.7. The first-order chi connectivity index (χ1) is 9.73. The Morgan fingerprint density at radius 2 is 1.76 bits per heavy atom. The first-order valence-electron chi connectivity index (χ1n) is 6.41. The van der Waals surface area contributed by atoms with Crippen molar-refractivity contribution in [3.63, 3.8) is 0 Å². The number of hydrogen-bond acceptors (Lipinski definition) is 5. The zero-order valence-electron chi connectivity index (χ0n) is 12.6. The maximum Gasteiger partial charge on any atom is 0.337 e. The third-order valence-corrected chi connectivity index (χ3v) is 2.34. The molecule has 0 bridgehead atoms. The SMILES string of the molecule is COC(=O)c1ccc(C#CC(N)C(=O)OC(C)(C)C)cc1. The van der Waals surface area contributed by atoms with Crippen LogP contribution in [0.15, 0.2) is 24.3 Å². The smallest absolute Gasteiger partial charge is 0.337 e. The van der Waals surface area contributed by atoms with Crippen LogP contribution in [0.3, 0.4) is 0 Å². The first-order valence-corrected chi connectivity index (χ1v) is 6.41. The summed E-state index contributed by atoms with van der Waals surface area (Å²) < 4.78 is 9.72. The Morgan fingerprint density at radius 3 is 2.24 bits per heavy atom. The van der Waals surface area contributed by atoms with Crippen molar-refractivity contribution in [1.29, 1.82) is 0 Å². The lowest BCUT2D eigenvalue weighted by Crippen LogP contribution is -2.36. The van der Waals surface area contributed by atoms with Crippen LogP contribution in [-0.4, -0.2) is 30.7 Å². The maximum absolute atomic E-state index is 11.7. The van der Waals surface area contributed by atoms with Crippen molar-refractivity contribution in [1.82, 2.24) is 0 Å². The topological polar surface area (TPSA) is 78.6 Å². The second kappa shape index (κ2) is 6.91. The molecule has 0 aromatic heterocycles. The number of methoxy groups -OCH3 is 1. The quantitative estimate of drug-likeness (QED) is 0.659. The molecule has 1 rings (SSSR count). The average molecular weight is 289 g/mol. The number of esters is 2. The molecule has 5 heteroatoms. The third kappa shape index (κ3) is 5.67. The van der Waals surface area contributed by atoms with Gasteiger partial charge in [-0.3, -0.25) is 0 Å². The van der Waals surface area contributed by atoms with E-state index in [0.29, 0.717) is 11.1 Å². The zero-order valence-corrected chi connectivity index (χ0v) is 12.6. The van der Waals surface area contributed by atoms with Crippen molar-refractivity contribution < 1.29 is 19.1 Å². The molecule has 0 saturated heterocycles. The molecule has 0 amide bonds. The minimum atomic E-state index is -1.01. The van der Waals surface area contributed by atoms with Crippen molar-refractivity contribution in [2.45, 2.75) is 32.4 Å². The molecule has 1 aromatic rings. The van der Waals surface area contributed by atoms with Gasteiger partial charge >= 0.3 is 11.9 Å². The van der Waals surface area contributed by atoms with E-state index in [2.05, 4.69) is 16.6 Å². The Hall–Kier alpha value is -2.32. The Balaban J connectivity index is 2.74. The summed E-state index contributed by atoms with van der Waals surface area (Å²) in [5, 5.41) is 0. The predicted octanol–water partition coefficient (Wildman–Crippen LogP) is 1.49. The normalized spacial score (nSPS) is 11.9. The summed E-state index contributed by atoms with van der Waals surface area (Å²) in [6.45, 7) is 5.28. The summed E-state index contributed by atoms with van der Waals surface area (Å²) in [4.78, 5) is 22.9. The van der Waals surface area contributed by atoms with Gasteiger partial charge in [0.05, 0.1) is 12.7 Å². The van der Waals surface area contributed by atoms with Gasteiger partial charge in [0.25, 0.3) is 0 Å². The molecule has 0 radical (unpaired) electrons. The largest absolute Gasteiger partial charge is 0.465 e. The monoisotopic (exact) mass is 289 g/mol.